The third kappa shape index (κ3) is 13.2. The van der Waals surface area contributed by atoms with Crippen LogP contribution in [-0.2, 0) is 14.3 Å². The van der Waals surface area contributed by atoms with Crippen LogP contribution in [-0.4, -0.2) is 23.7 Å². The molecule has 2 aromatic rings. The monoisotopic (exact) mass is 436 g/mol. The van der Waals surface area contributed by atoms with E-state index in [9.17, 15) is 9.59 Å². The molecule has 0 saturated heterocycles. The summed E-state index contributed by atoms with van der Waals surface area (Å²) in [4.78, 5) is 22.3. The molecule has 0 aliphatic carbocycles. The van der Waals surface area contributed by atoms with E-state index in [-0.39, 0.29) is 5.97 Å². The molecule has 0 bridgehead atoms. The number of carboxylic acids is 1. The third-order valence-corrected chi connectivity index (χ3v) is 4.56. The highest BCUT2D eigenvalue weighted by Gasteiger charge is 2.08. The number of ether oxygens (including phenoxy) is 1. The highest BCUT2D eigenvalue weighted by Crippen LogP contribution is 2.15. The molecule has 4 nitrogen and oxygen atoms in total. The lowest BCUT2D eigenvalue weighted by Crippen LogP contribution is -2.04. The minimum absolute atomic E-state index is 0.274. The first kappa shape index (κ1) is 26.9. The van der Waals surface area contributed by atoms with Gasteiger partial charge < -0.3 is 9.84 Å². The Morgan fingerprint density at radius 3 is 1.88 bits per heavy atom. The smallest absolute Gasteiger partial charge is 0.331 e. The molecule has 0 radical (unpaired) electrons. The van der Waals surface area contributed by atoms with Crippen LogP contribution in [0.15, 0.2) is 72.3 Å². The quantitative estimate of drug-likeness (QED) is 0.326. The molecule has 4 heteroatoms. The van der Waals surface area contributed by atoms with Gasteiger partial charge in [-0.25, -0.2) is 9.59 Å². The number of esters is 1. The van der Waals surface area contributed by atoms with E-state index in [4.69, 9.17) is 9.84 Å². The van der Waals surface area contributed by atoms with E-state index in [1.807, 2.05) is 60.7 Å². The predicted octanol–water partition coefficient (Wildman–Crippen LogP) is 6.88. The van der Waals surface area contributed by atoms with E-state index in [1.54, 1.807) is 12.2 Å². The first-order chi connectivity index (χ1) is 15.3. The van der Waals surface area contributed by atoms with Gasteiger partial charge >= 0.3 is 11.9 Å². The van der Waals surface area contributed by atoms with Gasteiger partial charge in [-0.2, -0.15) is 0 Å². The van der Waals surface area contributed by atoms with E-state index < -0.39 is 5.97 Å². The van der Waals surface area contributed by atoms with Crippen molar-refractivity contribution in [2.45, 2.75) is 47.0 Å². The van der Waals surface area contributed by atoms with Crippen molar-refractivity contribution in [2.75, 3.05) is 6.61 Å². The lowest BCUT2D eigenvalue weighted by Gasteiger charge is -2.05. The molecule has 172 valence electrons. The minimum atomic E-state index is -0.815. The van der Waals surface area contributed by atoms with E-state index >= 15 is 0 Å². The van der Waals surface area contributed by atoms with Gasteiger partial charge in [0.1, 0.15) is 0 Å². The summed E-state index contributed by atoms with van der Waals surface area (Å²) in [6.45, 7) is 8.90. The number of hydrogen-bond acceptors (Lipinski definition) is 3. The Labute approximate surface area is 192 Å². The average Bonchev–Trinajstić information content (AvgIpc) is 2.76. The van der Waals surface area contributed by atoms with Gasteiger partial charge in [0.05, 0.1) is 6.61 Å². The summed E-state index contributed by atoms with van der Waals surface area (Å²) in [6, 6.07) is 19.3. The largest absolute Gasteiger partial charge is 0.478 e. The molecule has 0 aliphatic heterocycles. The molecular weight excluding hydrogens is 400 g/mol. The number of hydrogen-bond donors (Lipinski definition) is 1. The van der Waals surface area contributed by atoms with Crippen molar-refractivity contribution in [1.29, 1.82) is 0 Å². The fraction of sp³-hybridized carbons (Fsp3) is 0.357. The van der Waals surface area contributed by atoms with Gasteiger partial charge in [0.25, 0.3) is 0 Å². The summed E-state index contributed by atoms with van der Waals surface area (Å²) < 4.78 is 5.05. The number of carbonyl (C=O) groups excluding carboxylic acids is 1. The Kier molecular flexibility index (Phi) is 13.1. The van der Waals surface area contributed by atoms with Crippen LogP contribution in [0, 0.1) is 11.8 Å². The second-order valence-electron chi connectivity index (χ2n) is 8.41. The Morgan fingerprint density at radius 1 is 0.844 bits per heavy atom. The summed E-state index contributed by atoms with van der Waals surface area (Å²) in [6.07, 6.45) is 7.43. The summed E-state index contributed by atoms with van der Waals surface area (Å²) in [5.41, 5.74) is 2.44. The van der Waals surface area contributed by atoms with Crippen LogP contribution >= 0.6 is 0 Å². The van der Waals surface area contributed by atoms with Crippen molar-refractivity contribution < 1.29 is 19.4 Å². The molecular formula is C28H36O4. The van der Waals surface area contributed by atoms with Gasteiger partial charge in [-0.05, 0) is 54.4 Å². The van der Waals surface area contributed by atoms with Gasteiger partial charge in [0, 0.05) is 11.6 Å². The molecule has 0 fully saturated rings. The highest BCUT2D eigenvalue weighted by molar-refractivity contribution is 5.92. The highest BCUT2D eigenvalue weighted by atomic mass is 16.5. The standard InChI is InChI=1S/2C14H18O2/c1-12(2)10-11-16-14(15)9-8-13-6-4-3-5-7-13;1-11(2)8-9-13(14(15)16)10-12-6-4-3-5-7-12/h3-9,12H,10-11H2,1-2H3;3-7,10-11H,8-9H2,1-2H3,(H,15,16)/b;13-10+. The number of carbonyl (C=O) groups is 2. The Hall–Kier alpha value is -3.14. The number of benzene rings is 2. The zero-order chi connectivity index (χ0) is 23.8. The zero-order valence-corrected chi connectivity index (χ0v) is 19.7. The molecule has 0 amide bonds. The maximum Gasteiger partial charge on any atom is 0.331 e. The molecule has 0 atom stereocenters. The second-order valence-corrected chi connectivity index (χ2v) is 8.41. The zero-order valence-electron chi connectivity index (χ0n) is 19.7. The molecule has 2 aromatic carbocycles. The maximum absolute atomic E-state index is 11.3. The topological polar surface area (TPSA) is 63.6 Å². The van der Waals surface area contributed by atoms with Crippen LogP contribution in [0.4, 0.5) is 0 Å². The van der Waals surface area contributed by atoms with Crippen LogP contribution in [0.25, 0.3) is 12.2 Å². The molecule has 0 unspecified atom stereocenters. The summed E-state index contributed by atoms with van der Waals surface area (Å²) in [7, 11) is 0. The summed E-state index contributed by atoms with van der Waals surface area (Å²) in [5, 5.41) is 9.08. The van der Waals surface area contributed by atoms with Crippen LogP contribution in [0.5, 0.6) is 0 Å². The van der Waals surface area contributed by atoms with Gasteiger partial charge in [-0.1, -0.05) is 88.4 Å². The Bertz CT molecular complexity index is 848. The number of carboxylic acid groups (broad SMARTS) is 1. The van der Waals surface area contributed by atoms with Gasteiger partial charge in [-0.15, -0.1) is 0 Å². The SMILES string of the molecule is CC(C)CC/C(=C\c1ccccc1)C(=O)O.CC(C)CCOC(=O)C=Cc1ccccc1. The minimum Gasteiger partial charge on any atom is -0.478 e. The molecule has 2 rings (SSSR count). The van der Waals surface area contributed by atoms with Crippen LogP contribution in [0.3, 0.4) is 0 Å². The van der Waals surface area contributed by atoms with E-state index in [0.29, 0.717) is 30.4 Å². The second kappa shape index (κ2) is 15.6. The normalized spacial score (nSPS) is 11.4. The summed E-state index contributed by atoms with van der Waals surface area (Å²) >= 11 is 0. The lowest BCUT2D eigenvalue weighted by molar-refractivity contribution is -0.138. The molecule has 1 N–H and O–H groups in total. The fourth-order valence-electron chi connectivity index (χ4n) is 2.61. The fourth-order valence-corrected chi connectivity index (χ4v) is 2.61. The van der Waals surface area contributed by atoms with Crippen molar-refractivity contribution >= 4 is 24.1 Å². The van der Waals surface area contributed by atoms with Crippen molar-refractivity contribution in [3.05, 3.63) is 83.4 Å². The third-order valence-electron chi connectivity index (χ3n) is 4.56. The van der Waals surface area contributed by atoms with Crippen molar-refractivity contribution in [2.24, 2.45) is 11.8 Å². The predicted molar refractivity (Wildman–Crippen MR) is 132 cm³/mol. The lowest BCUT2D eigenvalue weighted by atomic mass is 10.0. The molecule has 0 saturated carbocycles. The average molecular weight is 437 g/mol. The van der Waals surface area contributed by atoms with Crippen LogP contribution < -0.4 is 0 Å². The first-order valence-electron chi connectivity index (χ1n) is 11.2. The summed E-state index contributed by atoms with van der Waals surface area (Å²) in [5.74, 6) is -0.00145. The molecule has 32 heavy (non-hydrogen) atoms. The first-order valence-corrected chi connectivity index (χ1v) is 11.2. The van der Waals surface area contributed by atoms with Gasteiger partial charge in [-0.3, -0.25) is 0 Å². The number of aliphatic carboxylic acids is 1. The van der Waals surface area contributed by atoms with E-state index in [1.165, 1.54) is 6.08 Å². The number of rotatable bonds is 10. The van der Waals surface area contributed by atoms with Crippen LogP contribution in [0.2, 0.25) is 0 Å². The molecule has 0 heterocycles. The Morgan fingerprint density at radius 2 is 1.38 bits per heavy atom. The van der Waals surface area contributed by atoms with Gasteiger partial charge in [0.15, 0.2) is 0 Å². The van der Waals surface area contributed by atoms with E-state index in [0.717, 1.165) is 24.0 Å². The molecule has 0 spiro atoms. The molecule has 0 aliphatic rings. The maximum atomic E-state index is 11.3. The van der Waals surface area contributed by atoms with Crippen LogP contribution in [0.1, 0.15) is 58.1 Å². The van der Waals surface area contributed by atoms with Gasteiger partial charge in [0.2, 0.25) is 0 Å². The van der Waals surface area contributed by atoms with Crippen molar-refractivity contribution in [3.63, 3.8) is 0 Å². The Balaban J connectivity index is 0.000000320. The molecule has 0 aromatic heterocycles. The van der Waals surface area contributed by atoms with Crippen molar-refractivity contribution in [1.82, 2.24) is 0 Å². The van der Waals surface area contributed by atoms with Crippen molar-refractivity contribution in [3.8, 4) is 0 Å². The van der Waals surface area contributed by atoms with E-state index in [2.05, 4.69) is 27.7 Å².